The third kappa shape index (κ3) is 5.44. The van der Waals surface area contributed by atoms with Gasteiger partial charge in [-0.3, -0.25) is 0 Å². The number of benzene rings is 1. The lowest BCUT2D eigenvalue weighted by Crippen LogP contribution is -2.51. The first kappa shape index (κ1) is 27.7. The van der Waals surface area contributed by atoms with Crippen molar-refractivity contribution in [3.05, 3.63) is 53.6 Å². The van der Waals surface area contributed by atoms with Crippen LogP contribution in [0.3, 0.4) is 0 Å². The molecule has 5 rings (SSSR count). The van der Waals surface area contributed by atoms with Crippen LogP contribution in [-0.4, -0.2) is 12.1 Å². The minimum Gasteiger partial charge on any atom is -0.459 e. The first-order valence-electron chi connectivity index (χ1n) is 15.8. The van der Waals surface area contributed by atoms with Gasteiger partial charge in [-0.15, -0.1) is 0 Å². The van der Waals surface area contributed by atoms with Gasteiger partial charge in [-0.25, -0.2) is 4.79 Å². The molecule has 0 N–H and O–H groups in total. The SMILES string of the molecule is CC(C)CCC[C@@H](C)[C@H]1CC[C@H]2[C@@H]3CC=C4CC(OC(=O)/C=C/c5ccccc5)CC[C@]4(C)[C@H]3CC[C@]12C. The van der Waals surface area contributed by atoms with E-state index in [1.165, 1.54) is 57.8 Å². The van der Waals surface area contributed by atoms with Crippen LogP contribution >= 0.6 is 0 Å². The number of allylic oxidation sites excluding steroid dienone is 1. The Morgan fingerprint density at radius 3 is 2.55 bits per heavy atom. The molecule has 1 unspecified atom stereocenters. The molecule has 0 spiro atoms. The molecule has 38 heavy (non-hydrogen) atoms. The predicted molar refractivity (Wildman–Crippen MR) is 158 cm³/mol. The van der Waals surface area contributed by atoms with Crippen LogP contribution in [0.15, 0.2) is 48.1 Å². The molecule has 2 heteroatoms. The smallest absolute Gasteiger partial charge is 0.331 e. The van der Waals surface area contributed by atoms with Gasteiger partial charge in [-0.1, -0.05) is 95.9 Å². The molecule has 1 aromatic rings. The molecule has 3 saturated carbocycles. The summed E-state index contributed by atoms with van der Waals surface area (Å²) in [5, 5.41) is 0. The van der Waals surface area contributed by atoms with Gasteiger partial charge >= 0.3 is 5.97 Å². The van der Waals surface area contributed by atoms with Crippen LogP contribution in [0.1, 0.15) is 111 Å². The Morgan fingerprint density at radius 1 is 1.00 bits per heavy atom. The Labute approximate surface area is 232 Å². The van der Waals surface area contributed by atoms with Gasteiger partial charge in [0.2, 0.25) is 0 Å². The Kier molecular flexibility index (Phi) is 8.28. The number of hydrogen-bond donors (Lipinski definition) is 0. The largest absolute Gasteiger partial charge is 0.459 e. The number of carbonyl (C=O) groups is 1. The standard InChI is InChI=1S/C36H52O2/c1-25(2)10-9-11-26(3)31-17-18-32-30-16-15-28-24-29(38-34(37)19-14-27-12-7-6-8-13-27)20-22-35(28,4)33(30)21-23-36(31,32)5/h6-8,12-15,19,25-26,29-33H,9-11,16-18,20-24H2,1-5H3/b19-14+/t26-,29?,30+,31-,32+,33+,35+,36-/m1/s1. The van der Waals surface area contributed by atoms with Gasteiger partial charge in [-0.05, 0) is 103 Å². The van der Waals surface area contributed by atoms with Crippen LogP contribution in [0, 0.1) is 46.3 Å². The zero-order chi connectivity index (χ0) is 26.9. The van der Waals surface area contributed by atoms with Crippen molar-refractivity contribution in [3.63, 3.8) is 0 Å². The highest BCUT2D eigenvalue weighted by atomic mass is 16.5. The first-order chi connectivity index (χ1) is 18.2. The molecule has 0 aromatic heterocycles. The van der Waals surface area contributed by atoms with E-state index in [4.69, 9.17) is 4.74 Å². The van der Waals surface area contributed by atoms with Crippen LogP contribution in [0.25, 0.3) is 6.08 Å². The Hall–Kier alpha value is -1.83. The van der Waals surface area contributed by atoms with Gasteiger partial charge in [0.1, 0.15) is 6.10 Å². The summed E-state index contributed by atoms with van der Waals surface area (Å²) in [4.78, 5) is 12.6. The molecule has 0 radical (unpaired) electrons. The summed E-state index contributed by atoms with van der Waals surface area (Å²) in [6.45, 7) is 12.6. The molecular formula is C36H52O2. The number of fused-ring (bicyclic) bond motifs is 5. The van der Waals surface area contributed by atoms with E-state index in [2.05, 4.69) is 40.7 Å². The molecule has 1 aromatic carbocycles. The molecule has 0 amide bonds. The first-order valence-corrected chi connectivity index (χ1v) is 15.8. The van der Waals surface area contributed by atoms with Crippen molar-refractivity contribution in [2.24, 2.45) is 46.3 Å². The summed E-state index contributed by atoms with van der Waals surface area (Å²) < 4.78 is 5.95. The topological polar surface area (TPSA) is 26.3 Å². The second kappa shape index (κ2) is 11.3. The fraction of sp³-hybridized carbons (Fsp3) is 0.694. The molecule has 4 aliphatic carbocycles. The summed E-state index contributed by atoms with van der Waals surface area (Å²) in [6.07, 6.45) is 20.3. The van der Waals surface area contributed by atoms with E-state index in [1.54, 1.807) is 11.6 Å². The summed E-state index contributed by atoms with van der Waals surface area (Å²) in [5.41, 5.74) is 3.46. The highest BCUT2D eigenvalue weighted by Crippen LogP contribution is 2.67. The lowest BCUT2D eigenvalue weighted by Gasteiger charge is -2.58. The highest BCUT2D eigenvalue weighted by Gasteiger charge is 2.59. The lowest BCUT2D eigenvalue weighted by molar-refractivity contribution is -0.145. The zero-order valence-electron chi connectivity index (χ0n) is 24.8. The van der Waals surface area contributed by atoms with E-state index in [9.17, 15) is 4.79 Å². The number of carbonyl (C=O) groups excluding carboxylic acids is 1. The fourth-order valence-electron chi connectivity index (χ4n) is 9.68. The maximum atomic E-state index is 12.6. The van der Waals surface area contributed by atoms with Crippen LogP contribution in [-0.2, 0) is 9.53 Å². The number of hydrogen-bond acceptors (Lipinski definition) is 2. The van der Waals surface area contributed by atoms with Crippen molar-refractivity contribution >= 4 is 12.0 Å². The zero-order valence-corrected chi connectivity index (χ0v) is 24.8. The minimum atomic E-state index is -0.204. The van der Waals surface area contributed by atoms with Gasteiger partial charge in [0.15, 0.2) is 0 Å². The summed E-state index contributed by atoms with van der Waals surface area (Å²) >= 11 is 0. The van der Waals surface area contributed by atoms with E-state index in [-0.39, 0.29) is 12.1 Å². The highest BCUT2D eigenvalue weighted by molar-refractivity contribution is 5.87. The van der Waals surface area contributed by atoms with E-state index < -0.39 is 0 Å². The second-order valence-corrected chi connectivity index (χ2v) is 14.3. The van der Waals surface area contributed by atoms with E-state index in [1.807, 2.05) is 36.4 Å². The van der Waals surface area contributed by atoms with Gasteiger partial charge < -0.3 is 4.74 Å². The van der Waals surface area contributed by atoms with Crippen LogP contribution in [0.5, 0.6) is 0 Å². The molecule has 4 aliphatic rings. The molecule has 3 fully saturated rings. The maximum absolute atomic E-state index is 12.6. The minimum absolute atomic E-state index is 0.0233. The van der Waals surface area contributed by atoms with Crippen molar-refractivity contribution in [1.29, 1.82) is 0 Å². The van der Waals surface area contributed by atoms with E-state index in [0.717, 1.165) is 53.9 Å². The molecule has 8 atom stereocenters. The normalized spacial score (nSPS) is 37.3. The summed E-state index contributed by atoms with van der Waals surface area (Å²) in [6, 6.07) is 9.99. The average molecular weight is 517 g/mol. The molecule has 2 nitrogen and oxygen atoms in total. The molecular weight excluding hydrogens is 464 g/mol. The van der Waals surface area contributed by atoms with Crippen molar-refractivity contribution in [3.8, 4) is 0 Å². The number of esters is 1. The molecule has 0 bridgehead atoms. The average Bonchev–Trinajstić information content (AvgIpc) is 3.25. The molecule has 0 saturated heterocycles. The van der Waals surface area contributed by atoms with E-state index in [0.29, 0.717) is 10.8 Å². The Bertz CT molecular complexity index is 1020. The monoisotopic (exact) mass is 516 g/mol. The fourth-order valence-corrected chi connectivity index (χ4v) is 9.68. The van der Waals surface area contributed by atoms with Crippen molar-refractivity contribution in [2.45, 2.75) is 111 Å². The van der Waals surface area contributed by atoms with Crippen LogP contribution in [0.4, 0.5) is 0 Å². The van der Waals surface area contributed by atoms with Gasteiger partial charge in [0.25, 0.3) is 0 Å². The third-order valence-corrected chi connectivity index (χ3v) is 11.8. The molecule has 0 aliphatic heterocycles. The predicted octanol–water partition coefficient (Wildman–Crippen LogP) is 9.65. The van der Waals surface area contributed by atoms with Crippen molar-refractivity contribution in [2.75, 3.05) is 0 Å². The third-order valence-electron chi connectivity index (χ3n) is 11.8. The quantitative estimate of drug-likeness (QED) is 0.195. The van der Waals surface area contributed by atoms with Crippen LogP contribution < -0.4 is 0 Å². The van der Waals surface area contributed by atoms with Gasteiger partial charge in [0.05, 0.1) is 0 Å². The number of ether oxygens (including phenoxy) is 1. The van der Waals surface area contributed by atoms with Crippen molar-refractivity contribution in [1.82, 2.24) is 0 Å². The van der Waals surface area contributed by atoms with Gasteiger partial charge in [0, 0.05) is 12.5 Å². The van der Waals surface area contributed by atoms with Crippen molar-refractivity contribution < 1.29 is 9.53 Å². The van der Waals surface area contributed by atoms with Gasteiger partial charge in [-0.2, -0.15) is 0 Å². The van der Waals surface area contributed by atoms with Crippen LogP contribution in [0.2, 0.25) is 0 Å². The lowest BCUT2D eigenvalue weighted by atomic mass is 9.47. The molecule has 208 valence electrons. The summed E-state index contributed by atoms with van der Waals surface area (Å²) in [5.74, 6) is 4.97. The molecule has 0 heterocycles. The van der Waals surface area contributed by atoms with E-state index >= 15 is 0 Å². The second-order valence-electron chi connectivity index (χ2n) is 14.3. The Balaban J connectivity index is 1.22. The summed E-state index contributed by atoms with van der Waals surface area (Å²) in [7, 11) is 0. The maximum Gasteiger partial charge on any atom is 0.331 e. The Morgan fingerprint density at radius 2 is 1.79 bits per heavy atom. The number of rotatable bonds is 8.